The summed E-state index contributed by atoms with van der Waals surface area (Å²) in [6.07, 6.45) is 2.44. The lowest BCUT2D eigenvalue weighted by molar-refractivity contribution is -0.123. The molecular formula is C17H18N4O3S. The number of nitrogens with one attached hydrogen (secondary N) is 3. The van der Waals surface area contributed by atoms with Gasteiger partial charge in [-0.15, -0.1) is 0 Å². The Kier molecular flexibility index (Phi) is 4.89. The van der Waals surface area contributed by atoms with E-state index in [4.69, 9.17) is 0 Å². The van der Waals surface area contributed by atoms with Crippen LogP contribution in [0.25, 0.3) is 0 Å². The number of H-pyrrole nitrogens is 1. The third-order valence-corrected chi connectivity index (χ3v) is 4.68. The molecule has 0 saturated carbocycles. The summed E-state index contributed by atoms with van der Waals surface area (Å²) < 4.78 is 0. The van der Waals surface area contributed by atoms with Gasteiger partial charge < -0.3 is 15.6 Å². The number of thioether (sulfide) groups is 1. The fraction of sp³-hybridized carbons (Fsp3) is 0.294. The molecule has 8 heteroatoms. The number of anilines is 2. The summed E-state index contributed by atoms with van der Waals surface area (Å²) in [5.41, 5.74) is 1.47. The average molecular weight is 358 g/mol. The number of fused-ring (bicyclic) bond motifs is 1. The van der Waals surface area contributed by atoms with Gasteiger partial charge in [-0.05, 0) is 24.3 Å². The Balaban J connectivity index is 1.97. The molecule has 1 aliphatic heterocycles. The van der Waals surface area contributed by atoms with Crippen molar-refractivity contribution in [1.29, 1.82) is 0 Å². The second-order valence-electron chi connectivity index (χ2n) is 5.64. The van der Waals surface area contributed by atoms with Crippen LogP contribution in [0.15, 0.2) is 34.2 Å². The summed E-state index contributed by atoms with van der Waals surface area (Å²) >= 11 is 1.26. The van der Waals surface area contributed by atoms with Crippen molar-refractivity contribution in [3.8, 4) is 0 Å². The van der Waals surface area contributed by atoms with Crippen LogP contribution in [-0.2, 0) is 16.0 Å². The molecule has 25 heavy (non-hydrogen) atoms. The van der Waals surface area contributed by atoms with E-state index in [9.17, 15) is 14.4 Å². The highest BCUT2D eigenvalue weighted by molar-refractivity contribution is 7.98. The Labute approximate surface area is 148 Å². The van der Waals surface area contributed by atoms with Crippen molar-refractivity contribution in [2.45, 2.75) is 30.8 Å². The SMILES string of the molecule is CCc1ccccc1NC(=O)[C@H]1CC(=O)Nc2nc(SC)[nH]c(=O)c21. The van der Waals surface area contributed by atoms with Crippen molar-refractivity contribution in [3.05, 3.63) is 45.7 Å². The van der Waals surface area contributed by atoms with Gasteiger partial charge in [0.25, 0.3) is 5.56 Å². The van der Waals surface area contributed by atoms with Crippen LogP contribution in [0.5, 0.6) is 0 Å². The topological polar surface area (TPSA) is 104 Å². The quantitative estimate of drug-likeness (QED) is 0.574. The molecule has 1 atom stereocenters. The first kappa shape index (κ1) is 17.2. The summed E-state index contributed by atoms with van der Waals surface area (Å²) in [4.78, 5) is 44.0. The van der Waals surface area contributed by atoms with E-state index >= 15 is 0 Å². The number of benzene rings is 1. The lowest BCUT2D eigenvalue weighted by atomic mass is 9.92. The van der Waals surface area contributed by atoms with Crippen LogP contribution in [0, 0.1) is 0 Å². The molecular weight excluding hydrogens is 340 g/mol. The van der Waals surface area contributed by atoms with Crippen molar-refractivity contribution in [1.82, 2.24) is 9.97 Å². The predicted molar refractivity (Wildman–Crippen MR) is 97.1 cm³/mol. The maximum atomic E-state index is 12.8. The first-order valence-electron chi connectivity index (χ1n) is 7.90. The van der Waals surface area contributed by atoms with E-state index in [1.54, 1.807) is 12.3 Å². The van der Waals surface area contributed by atoms with E-state index in [0.29, 0.717) is 10.8 Å². The predicted octanol–water partition coefficient (Wildman–Crippen LogP) is 2.12. The van der Waals surface area contributed by atoms with Gasteiger partial charge >= 0.3 is 0 Å². The molecule has 2 aromatic rings. The van der Waals surface area contributed by atoms with Gasteiger partial charge in [-0.3, -0.25) is 14.4 Å². The van der Waals surface area contributed by atoms with Gasteiger partial charge in [0, 0.05) is 12.1 Å². The monoisotopic (exact) mass is 358 g/mol. The van der Waals surface area contributed by atoms with Crippen molar-refractivity contribution in [2.75, 3.05) is 16.9 Å². The highest BCUT2D eigenvalue weighted by Crippen LogP contribution is 2.30. The summed E-state index contributed by atoms with van der Waals surface area (Å²) in [5.74, 6) is -1.43. The number of carbonyl (C=O) groups excluding carboxylic acids is 2. The average Bonchev–Trinajstić information content (AvgIpc) is 2.60. The molecule has 0 spiro atoms. The van der Waals surface area contributed by atoms with Crippen LogP contribution in [0.4, 0.5) is 11.5 Å². The first-order chi connectivity index (χ1) is 12.0. The van der Waals surface area contributed by atoms with Crippen molar-refractivity contribution in [3.63, 3.8) is 0 Å². The Morgan fingerprint density at radius 2 is 2.12 bits per heavy atom. The molecule has 2 heterocycles. The molecule has 0 saturated heterocycles. The molecule has 0 fully saturated rings. The van der Waals surface area contributed by atoms with E-state index < -0.39 is 11.5 Å². The zero-order valence-electron chi connectivity index (χ0n) is 13.9. The van der Waals surface area contributed by atoms with Gasteiger partial charge in [0.05, 0.1) is 11.5 Å². The zero-order chi connectivity index (χ0) is 18.0. The van der Waals surface area contributed by atoms with Gasteiger partial charge in [-0.25, -0.2) is 4.98 Å². The van der Waals surface area contributed by atoms with Crippen molar-refractivity contribution in [2.24, 2.45) is 0 Å². The number of hydrogen-bond donors (Lipinski definition) is 3. The molecule has 1 aliphatic rings. The minimum atomic E-state index is -0.874. The number of carbonyl (C=O) groups is 2. The van der Waals surface area contributed by atoms with E-state index in [-0.39, 0.29) is 29.6 Å². The van der Waals surface area contributed by atoms with Gasteiger partial charge in [0.15, 0.2) is 5.16 Å². The number of hydrogen-bond acceptors (Lipinski definition) is 5. The van der Waals surface area contributed by atoms with Crippen LogP contribution >= 0.6 is 11.8 Å². The minimum absolute atomic E-state index is 0.0868. The standard InChI is InChI=1S/C17H18N4O3S/c1-3-9-6-4-5-7-11(9)18-15(23)10-8-12(22)19-14-13(10)16(24)21-17(20-14)25-2/h4-7,10H,3,8H2,1-2H3,(H,18,23)(H2,19,20,21,22,24)/t10-/m0/s1. The smallest absolute Gasteiger partial charge is 0.257 e. The normalized spacial score (nSPS) is 16.1. The molecule has 3 N–H and O–H groups in total. The zero-order valence-corrected chi connectivity index (χ0v) is 14.7. The van der Waals surface area contributed by atoms with Gasteiger partial charge in [0.1, 0.15) is 5.82 Å². The number of rotatable bonds is 4. The molecule has 1 aromatic heterocycles. The Bertz CT molecular complexity index is 894. The fourth-order valence-corrected chi connectivity index (χ4v) is 3.22. The number of aromatic nitrogens is 2. The molecule has 130 valence electrons. The van der Waals surface area contributed by atoms with Gasteiger partial charge in [0.2, 0.25) is 11.8 Å². The third-order valence-electron chi connectivity index (χ3n) is 4.10. The van der Waals surface area contributed by atoms with Crippen LogP contribution < -0.4 is 16.2 Å². The number of nitrogens with zero attached hydrogens (tertiary/aromatic N) is 1. The van der Waals surface area contributed by atoms with E-state index in [2.05, 4.69) is 20.6 Å². The molecule has 0 aliphatic carbocycles. The Morgan fingerprint density at radius 3 is 2.84 bits per heavy atom. The lowest BCUT2D eigenvalue weighted by Crippen LogP contribution is -2.36. The Morgan fingerprint density at radius 1 is 1.36 bits per heavy atom. The van der Waals surface area contributed by atoms with Crippen molar-refractivity contribution < 1.29 is 9.59 Å². The second kappa shape index (κ2) is 7.10. The van der Waals surface area contributed by atoms with Crippen LogP contribution in [0.2, 0.25) is 0 Å². The maximum absolute atomic E-state index is 12.8. The second-order valence-corrected chi connectivity index (χ2v) is 6.44. The van der Waals surface area contributed by atoms with Crippen LogP contribution in [-0.4, -0.2) is 28.0 Å². The summed E-state index contributed by atoms with van der Waals surface area (Å²) in [7, 11) is 0. The Hall–Kier alpha value is -2.61. The minimum Gasteiger partial charge on any atom is -0.325 e. The fourth-order valence-electron chi connectivity index (χ4n) is 2.84. The molecule has 2 amide bonds. The third kappa shape index (κ3) is 3.43. The molecule has 0 bridgehead atoms. The maximum Gasteiger partial charge on any atom is 0.257 e. The molecule has 0 unspecified atom stereocenters. The summed E-state index contributed by atoms with van der Waals surface area (Å²) in [6, 6.07) is 7.46. The lowest BCUT2D eigenvalue weighted by Gasteiger charge is -2.23. The van der Waals surface area contributed by atoms with Gasteiger partial charge in [-0.1, -0.05) is 36.9 Å². The summed E-state index contributed by atoms with van der Waals surface area (Å²) in [6.45, 7) is 1.99. The highest BCUT2D eigenvalue weighted by atomic mass is 32.2. The molecule has 3 rings (SSSR count). The molecule has 7 nitrogen and oxygen atoms in total. The van der Waals surface area contributed by atoms with E-state index in [1.807, 2.05) is 25.1 Å². The van der Waals surface area contributed by atoms with Gasteiger partial charge in [-0.2, -0.15) is 0 Å². The van der Waals surface area contributed by atoms with E-state index in [1.165, 1.54) is 11.8 Å². The number of aromatic amines is 1. The largest absolute Gasteiger partial charge is 0.325 e. The van der Waals surface area contributed by atoms with Crippen LogP contribution in [0.3, 0.4) is 0 Å². The number of aryl methyl sites for hydroxylation is 1. The molecule has 1 aromatic carbocycles. The number of amides is 2. The number of para-hydroxylation sites is 1. The first-order valence-corrected chi connectivity index (χ1v) is 9.12. The molecule has 0 radical (unpaired) electrons. The van der Waals surface area contributed by atoms with Crippen molar-refractivity contribution >= 4 is 35.1 Å². The summed E-state index contributed by atoms with van der Waals surface area (Å²) in [5, 5.41) is 5.82. The highest BCUT2D eigenvalue weighted by Gasteiger charge is 2.34. The van der Waals surface area contributed by atoms with E-state index in [0.717, 1.165) is 12.0 Å². The van der Waals surface area contributed by atoms with Crippen LogP contribution in [0.1, 0.15) is 30.4 Å².